The summed E-state index contributed by atoms with van der Waals surface area (Å²) in [5, 5.41) is 14.0. The first kappa shape index (κ1) is 80.4. The van der Waals surface area contributed by atoms with E-state index in [1.165, 1.54) is 212 Å². The van der Waals surface area contributed by atoms with Crippen LogP contribution in [0.5, 0.6) is 0 Å². The number of nitrogens with zero attached hydrogens (tertiary/aromatic N) is 1. The summed E-state index contributed by atoms with van der Waals surface area (Å²) in [6.07, 6.45) is 92.6. The van der Waals surface area contributed by atoms with Gasteiger partial charge in [-0.1, -0.05) is 329 Å². The largest absolute Gasteiger partial charge is 0.472 e. The minimum atomic E-state index is -4.36. The number of quaternary nitrogens is 1. The second-order valence-electron chi connectivity index (χ2n) is 24.9. The second-order valence-corrected chi connectivity index (χ2v) is 26.3. The number of phosphoric acid groups is 1. The molecule has 1 amide bonds. The lowest BCUT2D eigenvalue weighted by atomic mass is 10.0. The number of unbranched alkanes of at least 4 members (excludes halogenated alkanes) is 37. The average molecular weight is 1180 g/mol. The van der Waals surface area contributed by atoms with Crippen molar-refractivity contribution in [3.05, 3.63) is 97.2 Å². The van der Waals surface area contributed by atoms with Crippen LogP contribution in [0, 0.1) is 0 Å². The number of carbonyl (C=O) groups is 1. The van der Waals surface area contributed by atoms with Crippen molar-refractivity contribution in [3.63, 3.8) is 0 Å². The molecule has 0 spiro atoms. The van der Waals surface area contributed by atoms with Crippen molar-refractivity contribution in [1.82, 2.24) is 5.32 Å². The molecule has 0 aromatic heterocycles. The second kappa shape index (κ2) is 63.9. The minimum Gasteiger partial charge on any atom is -0.387 e. The molecule has 3 N–H and O–H groups in total. The fraction of sp³-hybridized carbons (Fsp3) is 0.770. The van der Waals surface area contributed by atoms with E-state index in [0.29, 0.717) is 17.4 Å². The molecule has 9 heteroatoms. The Hall–Kier alpha value is -2.58. The molecule has 0 heterocycles. The molecule has 0 bridgehead atoms. The van der Waals surface area contributed by atoms with Crippen LogP contribution in [0.2, 0.25) is 0 Å². The van der Waals surface area contributed by atoms with Gasteiger partial charge in [0.1, 0.15) is 13.2 Å². The van der Waals surface area contributed by atoms with Gasteiger partial charge in [0.05, 0.1) is 39.9 Å². The Kier molecular flexibility index (Phi) is 61.9. The molecule has 0 radical (unpaired) electrons. The molecule has 3 atom stereocenters. The molecule has 3 unspecified atom stereocenters. The number of aliphatic hydroxyl groups excluding tert-OH is 1. The van der Waals surface area contributed by atoms with Crippen molar-refractivity contribution in [3.8, 4) is 0 Å². The highest BCUT2D eigenvalue weighted by atomic mass is 31.2. The van der Waals surface area contributed by atoms with E-state index >= 15 is 0 Å². The first-order valence-corrected chi connectivity index (χ1v) is 36.6. The van der Waals surface area contributed by atoms with E-state index < -0.39 is 20.0 Å². The van der Waals surface area contributed by atoms with E-state index in [-0.39, 0.29) is 19.1 Å². The maximum atomic E-state index is 13.1. The summed E-state index contributed by atoms with van der Waals surface area (Å²) in [6, 6.07) is -0.852. The molecule has 0 rings (SSSR count). The summed E-state index contributed by atoms with van der Waals surface area (Å²) >= 11 is 0. The minimum absolute atomic E-state index is 0.0595. The van der Waals surface area contributed by atoms with Gasteiger partial charge in [-0.05, 0) is 77.0 Å². The topological polar surface area (TPSA) is 105 Å². The molecule has 0 fully saturated rings. The van der Waals surface area contributed by atoms with Crippen LogP contribution in [-0.4, -0.2) is 73.4 Å². The van der Waals surface area contributed by atoms with Crippen LogP contribution in [0.1, 0.15) is 316 Å². The van der Waals surface area contributed by atoms with Gasteiger partial charge < -0.3 is 19.8 Å². The Bertz CT molecular complexity index is 1670. The SMILES string of the molecule is CC/C=C\C/C=C\C/C=C\C/C=C\C/C=C\C/C=C\C/C=C\CCCCCCCCCCCCCCCCCC(=O)NC(COP(=O)(O)OCC[N+](C)(C)C)C(O)/C=C/CCCCCCCCCCCCCCCCCCCCCCCC. The first-order valence-electron chi connectivity index (χ1n) is 35.1. The smallest absolute Gasteiger partial charge is 0.387 e. The third kappa shape index (κ3) is 66.8. The van der Waals surface area contributed by atoms with Crippen molar-refractivity contribution in [1.29, 1.82) is 0 Å². The van der Waals surface area contributed by atoms with Gasteiger partial charge in [0.2, 0.25) is 5.91 Å². The van der Waals surface area contributed by atoms with Crippen LogP contribution in [-0.2, 0) is 18.4 Å². The highest BCUT2D eigenvalue weighted by Crippen LogP contribution is 2.43. The number of hydrogen-bond acceptors (Lipinski definition) is 5. The summed E-state index contributed by atoms with van der Waals surface area (Å²) in [7, 11) is 1.58. The third-order valence-corrected chi connectivity index (χ3v) is 16.5. The predicted molar refractivity (Wildman–Crippen MR) is 364 cm³/mol. The van der Waals surface area contributed by atoms with Crippen LogP contribution in [0.3, 0.4) is 0 Å². The molecule has 0 saturated carbocycles. The lowest BCUT2D eigenvalue weighted by Crippen LogP contribution is -2.45. The van der Waals surface area contributed by atoms with E-state index in [9.17, 15) is 19.4 Å². The van der Waals surface area contributed by atoms with Crippen LogP contribution in [0.15, 0.2) is 97.2 Å². The maximum absolute atomic E-state index is 13.1. The predicted octanol–water partition coefficient (Wildman–Crippen LogP) is 22.5. The van der Waals surface area contributed by atoms with E-state index in [0.717, 1.165) is 83.5 Å². The van der Waals surface area contributed by atoms with Gasteiger partial charge in [-0.2, -0.15) is 0 Å². The molecule has 0 saturated heterocycles. The molecule has 482 valence electrons. The molecule has 83 heavy (non-hydrogen) atoms. The zero-order valence-corrected chi connectivity index (χ0v) is 56.1. The first-order chi connectivity index (χ1) is 40.5. The van der Waals surface area contributed by atoms with Gasteiger partial charge in [-0.15, -0.1) is 0 Å². The Morgan fingerprint density at radius 2 is 0.723 bits per heavy atom. The van der Waals surface area contributed by atoms with Crippen molar-refractivity contribution in [2.24, 2.45) is 0 Å². The monoisotopic (exact) mass is 1180 g/mol. The third-order valence-electron chi connectivity index (χ3n) is 15.6. The summed E-state index contributed by atoms with van der Waals surface area (Å²) < 4.78 is 23.8. The summed E-state index contributed by atoms with van der Waals surface area (Å²) in [4.78, 5) is 23.4. The van der Waals surface area contributed by atoms with Crippen LogP contribution >= 0.6 is 7.82 Å². The highest BCUT2D eigenvalue weighted by molar-refractivity contribution is 7.47. The highest BCUT2D eigenvalue weighted by Gasteiger charge is 2.28. The van der Waals surface area contributed by atoms with Crippen molar-refractivity contribution >= 4 is 13.7 Å². The van der Waals surface area contributed by atoms with Gasteiger partial charge in [0.15, 0.2) is 0 Å². The number of phosphoric ester groups is 1. The van der Waals surface area contributed by atoms with Gasteiger partial charge in [-0.3, -0.25) is 13.8 Å². The molecular formula is C74H136N2O6P+. The van der Waals surface area contributed by atoms with Crippen molar-refractivity contribution in [2.75, 3.05) is 40.9 Å². The number of likely N-dealkylation sites (N-methyl/N-ethyl adjacent to an activating group) is 1. The molecule has 0 aromatic rings. The quantitative estimate of drug-likeness (QED) is 0.0243. The van der Waals surface area contributed by atoms with E-state index in [4.69, 9.17) is 9.05 Å². The molecule has 0 aromatic carbocycles. The Morgan fingerprint density at radius 1 is 0.422 bits per heavy atom. The fourth-order valence-corrected chi connectivity index (χ4v) is 10.9. The Balaban J connectivity index is 4.06. The molecule has 0 aliphatic carbocycles. The fourth-order valence-electron chi connectivity index (χ4n) is 10.1. The number of amides is 1. The van der Waals surface area contributed by atoms with Gasteiger partial charge in [0.25, 0.3) is 0 Å². The maximum Gasteiger partial charge on any atom is 0.472 e. The van der Waals surface area contributed by atoms with Gasteiger partial charge in [0, 0.05) is 6.42 Å². The lowest BCUT2D eigenvalue weighted by Gasteiger charge is -2.25. The normalized spacial score (nSPS) is 14.3. The Labute approximate surface area is 515 Å². The standard InChI is InChI=1S/C74H135N2O6P/c1-6-8-10-12-14-16-18-20-22-24-26-28-30-32-33-34-35-36-37-38-39-40-41-42-43-44-46-48-50-52-54-56-58-60-62-64-66-68-74(78)75-72(71-82-83(79,80)81-70-69-76(3,4)5)73(77)67-65-63-61-59-57-55-53-51-49-47-45-31-29-27-25-23-21-19-17-15-13-11-9-7-2/h8,10,14,16,20,22,26,28,32-33,35-36,38-39,65,67,72-73,77H,6-7,9,11-13,15,17-19,21,23-25,27,29-31,34,37,40-64,66,68-71H2,1-5H3,(H-,75,78,79,80)/p+1/b10-8-,16-14-,22-20-,28-26-,33-32-,36-35-,39-38-,67-65+. The van der Waals surface area contributed by atoms with Crippen LogP contribution in [0.25, 0.3) is 0 Å². The van der Waals surface area contributed by atoms with E-state index in [1.54, 1.807) is 6.08 Å². The number of carbonyl (C=O) groups excluding carboxylic acids is 1. The molecule has 8 nitrogen and oxygen atoms in total. The molecule has 0 aliphatic rings. The van der Waals surface area contributed by atoms with Gasteiger partial charge in [-0.25, -0.2) is 4.57 Å². The summed E-state index contributed by atoms with van der Waals surface area (Å²) in [5.41, 5.74) is 0. The molecular weight excluding hydrogens is 1040 g/mol. The number of nitrogens with one attached hydrogen (secondary N) is 1. The summed E-state index contributed by atoms with van der Waals surface area (Å²) in [5.74, 6) is -0.176. The number of aliphatic hydroxyl groups is 1. The number of allylic oxidation sites excluding steroid dienone is 15. The number of hydrogen-bond donors (Lipinski definition) is 3. The zero-order valence-electron chi connectivity index (χ0n) is 55.2. The zero-order chi connectivity index (χ0) is 60.5. The van der Waals surface area contributed by atoms with E-state index in [2.05, 4.69) is 104 Å². The molecule has 0 aliphatic heterocycles. The van der Waals surface area contributed by atoms with Crippen LogP contribution in [0.4, 0.5) is 0 Å². The average Bonchev–Trinajstić information content (AvgIpc) is 3.50. The van der Waals surface area contributed by atoms with Crippen LogP contribution < -0.4 is 5.32 Å². The van der Waals surface area contributed by atoms with Crippen molar-refractivity contribution in [2.45, 2.75) is 328 Å². The Morgan fingerprint density at radius 3 is 1.06 bits per heavy atom. The van der Waals surface area contributed by atoms with Gasteiger partial charge >= 0.3 is 7.82 Å². The number of rotatable bonds is 64. The van der Waals surface area contributed by atoms with Crippen molar-refractivity contribution < 1.29 is 32.9 Å². The van der Waals surface area contributed by atoms with E-state index in [1.807, 2.05) is 27.2 Å². The lowest BCUT2D eigenvalue weighted by molar-refractivity contribution is -0.870. The summed E-state index contributed by atoms with van der Waals surface area (Å²) in [6.45, 7) is 4.73.